The van der Waals surface area contributed by atoms with E-state index in [2.05, 4.69) is 37.8 Å². The zero-order valence-electron chi connectivity index (χ0n) is 11.9. The second kappa shape index (κ2) is 5.31. The molecular formula is C16H25NO. The van der Waals surface area contributed by atoms with Crippen molar-refractivity contribution in [3.8, 4) is 5.75 Å². The fourth-order valence-corrected chi connectivity index (χ4v) is 2.68. The molecule has 0 aliphatic carbocycles. The molecule has 0 unspecified atom stereocenters. The molecule has 1 heterocycles. The van der Waals surface area contributed by atoms with Crippen molar-refractivity contribution in [1.82, 2.24) is 4.90 Å². The van der Waals surface area contributed by atoms with Crippen LogP contribution in [0.2, 0.25) is 0 Å². The Morgan fingerprint density at radius 1 is 1.11 bits per heavy atom. The number of hydrogen-bond donors (Lipinski definition) is 1. The van der Waals surface area contributed by atoms with Gasteiger partial charge in [0.05, 0.1) is 0 Å². The number of phenolic OH excluding ortho intramolecular Hbond substituents is 1. The van der Waals surface area contributed by atoms with Crippen molar-refractivity contribution in [2.75, 3.05) is 13.1 Å². The molecule has 0 radical (unpaired) electrons. The third kappa shape index (κ3) is 3.05. The first-order valence-electron chi connectivity index (χ1n) is 7.02. The molecule has 100 valence electrons. The minimum Gasteiger partial charge on any atom is -0.507 e. The number of para-hydroxylation sites is 1. The van der Waals surface area contributed by atoms with E-state index in [0.717, 1.165) is 17.7 Å². The molecule has 2 heteroatoms. The fraction of sp³-hybridized carbons (Fsp3) is 0.625. The van der Waals surface area contributed by atoms with E-state index in [1.54, 1.807) is 0 Å². The summed E-state index contributed by atoms with van der Waals surface area (Å²) in [6.07, 6.45) is 3.93. The van der Waals surface area contributed by atoms with Gasteiger partial charge in [0, 0.05) is 12.1 Å². The van der Waals surface area contributed by atoms with E-state index in [1.165, 1.54) is 32.4 Å². The molecule has 18 heavy (non-hydrogen) atoms. The lowest BCUT2D eigenvalue weighted by Gasteiger charge is -2.28. The van der Waals surface area contributed by atoms with Gasteiger partial charge >= 0.3 is 0 Å². The average molecular weight is 247 g/mol. The van der Waals surface area contributed by atoms with E-state index in [-0.39, 0.29) is 5.41 Å². The predicted molar refractivity (Wildman–Crippen MR) is 75.9 cm³/mol. The number of benzene rings is 1. The number of aromatic hydroxyl groups is 1. The van der Waals surface area contributed by atoms with Gasteiger partial charge in [0.25, 0.3) is 0 Å². The van der Waals surface area contributed by atoms with E-state index in [1.807, 2.05) is 6.07 Å². The zero-order chi connectivity index (χ0) is 13.2. The van der Waals surface area contributed by atoms with E-state index in [4.69, 9.17) is 0 Å². The highest BCUT2D eigenvalue weighted by Gasteiger charge is 2.20. The van der Waals surface area contributed by atoms with Crippen molar-refractivity contribution < 1.29 is 5.11 Å². The van der Waals surface area contributed by atoms with Gasteiger partial charge in [-0.05, 0) is 36.9 Å². The average Bonchev–Trinajstić information content (AvgIpc) is 2.32. The SMILES string of the molecule is CC(C)(C)c1cccc(CN2CCCCC2)c1O. The first-order valence-corrected chi connectivity index (χ1v) is 7.02. The molecule has 1 fully saturated rings. The maximum atomic E-state index is 10.4. The maximum absolute atomic E-state index is 10.4. The maximum Gasteiger partial charge on any atom is 0.123 e. The van der Waals surface area contributed by atoms with Crippen molar-refractivity contribution in [2.45, 2.75) is 52.0 Å². The van der Waals surface area contributed by atoms with Gasteiger partial charge in [-0.1, -0.05) is 45.4 Å². The molecule has 0 spiro atoms. The summed E-state index contributed by atoms with van der Waals surface area (Å²) in [5, 5.41) is 10.4. The number of piperidine rings is 1. The van der Waals surface area contributed by atoms with Crippen LogP contribution in [0.25, 0.3) is 0 Å². The van der Waals surface area contributed by atoms with E-state index >= 15 is 0 Å². The summed E-state index contributed by atoms with van der Waals surface area (Å²) in [4.78, 5) is 2.45. The van der Waals surface area contributed by atoms with E-state index in [0.29, 0.717) is 5.75 Å². The van der Waals surface area contributed by atoms with Crippen LogP contribution in [0.15, 0.2) is 18.2 Å². The third-order valence-corrected chi connectivity index (χ3v) is 3.77. The van der Waals surface area contributed by atoms with Crippen LogP contribution < -0.4 is 0 Å². The lowest BCUT2D eigenvalue weighted by molar-refractivity contribution is 0.218. The van der Waals surface area contributed by atoms with Crippen LogP contribution in [0, 0.1) is 0 Å². The summed E-state index contributed by atoms with van der Waals surface area (Å²) in [6, 6.07) is 6.16. The smallest absolute Gasteiger partial charge is 0.123 e. The molecule has 0 bridgehead atoms. The summed E-state index contributed by atoms with van der Waals surface area (Å²) in [6.45, 7) is 9.65. The van der Waals surface area contributed by atoms with Crippen molar-refractivity contribution >= 4 is 0 Å². The highest BCUT2D eigenvalue weighted by Crippen LogP contribution is 2.33. The topological polar surface area (TPSA) is 23.5 Å². The van der Waals surface area contributed by atoms with Gasteiger partial charge in [0.2, 0.25) is 0 Å². The molecule has 0 saturated carbocycles. The van der Waals surface area contributed by atoms with Crippen molar-refractivity contribution in [2.24, 2.45) is 0 Å². The van der Waals surface area contributed by atoms with Gasteiger partial charge in [-0.15, -0.1) is 0 Å². The lowest BCUT2D eigenvalue weighted by Crippen LogP contribution is -2.29. The molecule has 1 aromatic carbocycles. The van der Waals surface area contributed by atoms with Gasteiger partial charge in [0.1, 0.15) is 5.75 Å². The summed E-state index contributed by atoms with van der Waals surface area (Å²) in [7, 11) is 0. The van der Waals surface area contributed by atoms with Crippen molar-refractivity contribution in [1.29, 1.82) is 0 Å². The normalized spacial score (nSPS) is 17.9. The van der Waals surface area contributed by atoms with Gasteiger partial charge in [0.15, 0.2) is 0 Å². The Balaban J connectivity index is 2.18. The predicted octanol–water partition coefficient (Wildman–Crippen LogP) is 3.68. The Morgan fingerprint density at radius 2 is 1.78 bits per heavy atom. The minimum absolute atomic E-state index is 0.00198. The van der Waals surface area contributed by atoms with Crippen molar-refractivity contribution in [3.05, 3.63) is 29.3 Å². The minimum atomic E-state index is 0.00198. The highest BCUT2D eigenvalue weighted by molar-refractivity contribution is 5.43. The molecule has 0 amide bonds. The van der Waals surface area contributed by atoms with E-state index < -0.39 is 0 Å². The Morgan fingerprint density at radius 3 is 2.39 bits per heavy atom. The number of hydrogen-bond acceptors (Lipinski definition) is 2. The fourth-order valence-electron chi connectivity index (χ4n) is 2.68. The second-order valence-corrected chi connectivity index (χ2v) is 6.40. The summed E-state index contributed by atoms with van der Waals surface area (Å²) in [5.41, 5.74) is 2.13. The summed E-state index contributed by atoms with van der Waals surface area (Å²) >= 11 is 0. The molecule has 2 nitrogen and oxygen atoms in total. The number of rotatable bonds is 2. The third-order valence-electron chi connectivity index (χ3n) is 3.77. The Bertz CT molecular complexity index is 400. The molecule has 1 saturated heterocycles. The highest BCUT2D eigenvalue weighted by atomic mass is 16.3. The van der Waals surface area contributed by atoms with Crippen LogP contribution >= 0.6 is 0 Å². The first kappa shape index (κ1) is 13.4. The molecule has 1 aliphatic heterocycles. The molecule has 2 rings (SSSR count). The van der Waals surface area contributed by atoms with Gasteiger partial charge in [-0.3, -0.25) is 4.90 Å². The quantitative estimate of drug-likeness (QED) is 0.862. The molecule has 0 atom stereocenters. The van der Waals surface area contributed by atoms with Crippen molar-refractivity contribution in [3.63, 3.8) is 0 Å². The summed E-state index contributed by atoms with van der Waals surface area (Å²) < 4.78 is 0. The standard InChI is InChI=1S/C16H25NO/c1-16(2,3)14-9-7-8-13(15(14)18)12-17-10-5-4-6-11-17/h7-9,18H,4-6,10-12H2,1-3H3. The summed E-state index contributed by atoms with van der Waals surface area (Å²) in [5.74, 6) is 0.496. The largest absolute Gasteiger partial charge is 0.507 e. The number of nitrogens with zero attached hydrogens (tertiary/aromatic N) is 1. The van der Waals surface area contributed by atoms with Gasteiger partial charge in [-0.25, -0.2) is 0 Å². The first-order chi connectivity index (χ1) is 8.48. The number of phenols is 1. The molecule has 1 N–H and O–H groups in total. The molecular weight excluding hydrogens is 222 g/mol. The lowest BCUT2D eigenvalue weighted by atomic mass is 9.85. The van der Waals surface area contributed by atoms with Crippen LogP contribution in [-0.2, 0) is 12.0 Å². The Hall–Kier alpha value is -1.02. The molecule has 1 aromatic rings. The van der Waals surface area contributed by atoms with Crippen LogP contribution in [0.4, 0.5) is 0 Å². The monoisotopic (exact) mass is 247 g/mol. The van der Waals surface area contributed by atoms with E-state index in [9.17, 15) is 5.11 Å². The van der Waals surface area contributed by atoms with Gasteiger partial charge < -0.3 is 5.11 Å². The Kier molecular flexibility index (Phi) is 3.96. The molecule has 0 aromatic heterocycles. The van der Waals surface area contributed by atoms with Gasteiger partial charge in [-0.2, -0.15) is 0 Å². The zero-order valence-corrected chi connectivity index (χ0v) is 11.9. The van der Waals surface area contributed by atoms with Crippen LogP contribution in [0.3, 0.4) is 0 Å². The van der Waals surface area contributed by atoms with Crippen LogP contribution in [-0.4, -0.2) is 23.1 Å². The Labute approximate surface area is 111 Å². The second-order valence-electron chi connectivity index (χ2n) is 6.40. The number of likely N-dealkylation sites (tertiary alicyclic amines) is 1. The van der Waals surface area contributed by atoms with Crippen LogP contribution in [0.1, 0.15) is 51.2 Å². The van der Waals surface area contributed by atoms with Crippen LogP contribution in [0.5, 0.6) is 5.75 Å². The molecule has 1 aliphatic rings.